The van der Waals surface area contributed by atoms with Gasteiger partial charge in [0, 0.05) is 23.3 Å². The molecule has 222 valence electrons. The molecule has 0 fully saturated rings. The maximum absolute atomic E-state index is 14.1. The molecule has 1 aliphatic carbocycles. The van der Waals surface area contributed by atoms with E-state index in [0.717, 1.165) is 40.8 Å². The van der Waals surface area contributed by atoms with Gasteiger partial charge in [-0.3, -0.25) is 19.5 Å². The molecule has 45 heavy (non-hydrogen) atoms. The molecule has 10 heteroatoms. The Bertz CT molecular complexity index is 2220. The highest BCUT2D eigenvalue weighted by atomic mass is 32.1. The van der Waals surface area contributed by atoms with Crippen molar-refractivity contribution >= 4 is 34.8 Å². The molecule has 7 rings (SSSR count). The van der Waals surface area contributed by atoms with Crippen molar-refractivity contribution in [3.05, 3.63) is 160 Å². The molecule has 2 aliphatic rings. The highest BCUT2D eigenvalue weighted by Gasteiger charge is 2.34. The molecule has 1 atom stereocenters. The van der Waals surface area contributed by atoms with Crippen LogP contribution in [0.15, 0.2) is 112 Å². The van der Waals surface area contributed by atoms with Crippen molar-refractivity contribution in [2.24, 2.45) is 4.99 Å². The SMILES string of the molecule is COc1ccccc1[C@H]1C2=C(N=c3s/c(=C/c4ccc(OC(=O)c5cccc([N+](=O)[O-])c5)cc4)c(=O)n31)c1ccccc1CC2. The molecule has 0 radical (unpaired) electrons. The lowest BCUT2D eigenvalue weighted by Crippen LogP contribution is -2.38. The second-order valence-electron chi connectivity index (χ2n) is 10.6. The van der Waals surface area contributed by atoms with Gasteiger partial charge in [-0.2, -0.15) is 0 Å². The van der Waals surface area contributed by atoms with Crippen molar-refractivity contribution in [3.8, 4) is 11.5 Å². The quantitative estimate of drug-likeness (QED) is 0.109. The summed E-state index contributed by atoms with van der Waals surface area (Å²) in [6, 6.07) is 27.8. The van der Waals surface area contributed by atoms with E-state index in [1.54, 1.807) is 42.0 Å². The summed E-state index contributed by atoms with van der Waals surface area (Å²) in [5, 5.41) is 11.1. The van der Waals surface area contributed by atoms with Crippen molar-refractivity contribution < 1.29 is 19.2 Å². The molecular weight excluding hydrogens is 590 g/mol. The zero-order valence-electron chi connectivity index (χ0n) is 24.0. The average molecular weight is 616 g/mol. The Balaban J connectivity index is 1.27. The Labute approximate surface area is 260 Å². The number of nitro groups is 1. The van der Waals surface area contributed by atoms with Crippen LogP contribution in [0.1, 0.15) is 45.1 Å². The van der Waals surface area contributed by atoms with Gasteiger partial charge in [0.15, 0.2) is 4.80 Å². The predicted octanol–water partition coefficient (Wildman–Crippen LogP) is 5.45. The topological polar surface area (TPSA) is 113 Å². The number of nitro benzene ring substituents is 1. The number of ether oxygens (including phenoxy) is 2. The molecule has 5 aromatic rings. The van der Waals surface area contributed by atoms with Gasteiger partial charge in [0.1, 0.15) is 11.5 Å². The van der Waals surface area contributed by atoms with E-state index in [4.69, 9.17) is 14.5 Å². The highest BCUT2D eigenvalue weighted by Crippen LogP contribution is 2.43. The zero-order chi connectivity index (χ0) is 31.1. The van der Waals surface area contributed by atoms with Crippen molar-refractivity contribution in [1.82, 2.24) is 4.57 Å². The number of fused-ring (bicyclic) bond motifs is 3. The number of aromatic nitrogens is 1. The standard InChI is InChI=1S/C35H25N3O6S/c1-43-29-12-5-4-11-27(29)32-28-18-15-22-7-2-3-10-26(22)31(28)36-35-37(32)33(39)30(45-35)19-21-13-16-25(17-14-21)44-34(40)23-8-6-9-24(20-23)38(41)42/h2-14,16-17,19-20,32H,15,18H2,1H3/b30-19+/t32-/m0/s1. The number of benzene rings is 4. The maximum Gasteiger partial charge on any atom is 0.343 e. The largest absolute Gasteiger partial charge is 0.496 e. The zero-order valence-corrected chi connectivity index (χ0v) is 24.8. The van der Waals surface area contributed by atoms with Gasteiger partial charge in [0.25, 0.3) is 11.2 Å². The average Bonchev–Trinajstić information content (AvgIpc) is 3.38. The minimum Gasteiger partial charge on any atom is -0.496 e. The summed E-state index contributed by atoms with van der Waals surface area (Å²) in [4.78, 5) is 42.8. The normalized spacial score (nSPS) is 15.4. The summed E-state index contributed by atoms with van der Waals surface area (Å²) >= 11 is 1.33. The molecule has 0 N–H and O–H groups in total. The predicted molar refractivity (Wildman–Crippen MR) is 170 cm³/mol. The van der Waals surface area contributed by atoms with Crippen LogP contribution in [0.25, 0.3) is 11.8 Å². The molecule has 9 nitrogen and oxygen atoms in total. The number of hydrogen-bond donors (Lipinski definition) is 0. The maximum atomic E-state index is 14.1. The van der Waals surface area contributed by atoms with Crippen molar-refractivity contribution in [2.75, 3.05) is 7.11 Å². The van der Waals surface area contributed by atoms with Crippen LogP contribution in [-0.4, -0.2) is 22.6 Å². The van der Waals surface area contributed by atoms with E-state index in [-0.39, 0.29) is 28.6 Å². The number of hydrogen-bond acceptors (Lipinski definition) is 8. The highest BCUT2D eigenvalue weighted by molar-refractivity contribution is 7.07. The van der Waals surface area contributed by atoms with Gasteiger partial charge in [0.05, 0.1) is 33.9 Å². The van der Waals surface area contributed by atoms with Crippen LogP contribution in [0.4, 0.5) is 5.69 Å². The molecule has 2 heterocycles. The van der Waals surface area contributed by atoms with Crippen LogP contribution in [-0.2, 0) is 6.42 Å². The van der Waals surface area contributed by atoms with Crippen molar-refractivity contribution in [3.63, 3.8) is 0 Å². The van der Waals surface area contributed by atoms with Crippen molar-refractivity contribution in [2.45, 2.75) is 18.9 Å². The Morgan fingerprint density at radius 1 is 1.00 bits per heavy atom. The summed E-state index contributed by atoms with van der Waals surface area (Å²) < 4.78 is 13.5. The number of carbonyl (C=O) groups is 1. The minimum absolute atomic E-state index is 0.0734. The van der Waals surface area contributed by atoms with E-state index >= 15 is 0 Å². The Morgan fingerprint density at radius 3 is 2.58 bits per heavy atom. The van der Waals surface area contributed by atoms with E-state index in [0.29, 0.717) is 15.1 Å². The number of nitrogens with zero attached hydrogens (tertiary/aromatic N) is 3. The third-order valence-electron chi connectivity index (χ3n) is 7.99. The molecular formula is C35H25N3O6S. The lowest BCUT2D eigenvalue weighted by Gasteiger charge is -2.31. The molecule has 0 bridgehead atoms. The first-order valence-corrected chi connectivity index (χ1v) is 15.1. The van der Waals surface area contributed by atoms with Gasteiger partial charge in [-0.25, -0.2) is 9.79 Å². The Hall–Kier alpha value is -5.61. The fourth-order valence-corrected chi connectivity index (χ4v) is 6.89. The summed E-state index contributed by atoms with van der Waals surface area (Å²) in [5.74, 6) is 0.272. The monoisotopic (exact) mass is 615 g/mol. The third kappa shape index (κ3) is 5.15. The van der Waals surface area contributed by atoms with Gasteiger partial charge in [-0.1, -0.05) is 72.0 Å². The first-order valence-electron chi connectivity index (χ1n) is 14.2. The first-order chi connectivity index (χ1) is 21.9. The molecule has 0 spiro atoms. The van der Waals surface area contributed by atoms with Crippen LogP contribution in [0.3, 0.4) is 0 Å². The fourth-order valence-electron chi connectivity index (χ4n) is 5.89. The smallest absolute Gasteiger partial charge is 0.343 e. The molecule has 0 saturated heterocycles. The van der Waals surface area contributed by atoms with Gasteiger partial charge >= 0.3 is 5.97 Å². The van der Waals surface area contributed by atoms with Crippen LogP contribution in [0.2, 0.25) is 0 Å². The minimum atomic E-state index is -0.707. The molecule has 1 aromatic heterocycles. The summed E-state index contributed by atoms with van der Waals surface area (Å²) in [5.41, 5.74) is 5.70. The molecule has 0 unspecified atom stereocenters. The molecule has 0 amide bonds. The third-order valence-corrected chi connectivity index (χ3v) is 8.97. The number of para-hydroxylation sites is 1. The van der Waals surface area contributed by atoms with Crippen LogP contribution < -0.4 is 24.4 Å². The number of rotatable bonds is 6. The summed E-state index contributed by atoms with van der Waals surface area (Å²) in [6.45, 7) is 0. The van der Waals surface area contributed by atoms with E-state index in [9.17, 15) is 19.7 Å². The van der Waals surface area contributed by atoms with E-state index in [1.807, 2.05) is 36.4 Å². The number of methoxy groups -OCH3 is 1. The molecule has 4 aromatic carbocycles. The van der Waals surface area contributed by atoms with Gasteiger partial charge in [0.2, 0.25) is 0 Å². The van der Waals surface area contributed by atoms with Crippen LogP contribution in [0, 0.1) is 10.1 Å². The van der Waals surface area contributed by atoms with Crippen LogP contribution >= 0.6 is 11.3 Å². The molecule has 1 aliphatic heterocycles. The van der Waals surface area contributed by atoms with E-state index in [1.165, 1.54) is 41.2 Å². The number of carbonyl (C=O) groups excluding carboxylic acids is 1. The van der Waals surface area contributed by atoms with Gasteiger partial charge < -0.3 is 9.47 Å². The Morgan fingerprint density at radius 2 is 1.78 bits per heavy atom. The first kappa shape index (κ1) is 28.2. The van der Waals surface area contributed by atoms with Crippen LogP contribution in [0.5, 0.6) is 11.5 Å². The number of esters is 1. The summed E-state index contributed by atoms with van der Waals surface area (Å²) in [7, 11) is 1.64. The molecule has 0 saturated carbocycles. The van der Waals surface area contributed by atoms with Gasteiger partial charge in [-0.15, -0.1) is 0 Å². The van der Waals surface area contributed by atoms with E-state index < -0.39 is 10.9 Å². The fraction of sp³-hybridized carbons (Fsp3) is 0.114. The lowest BCUT2D eigenvalue weighted by molar-refractivity contribution is -0.384. The number of thiazole rings is 1. The number of non-ortho nitro benzene ring substituents is 1. The van der Waals surface area contributed by atoms with E-state index in [2.05, 4.69) is 12.1 Å². The number of allylic oxidation sites excluding steroid dienone is 1. The van der Waals surface area contributed by atoms with Gasteiger partial charge in [-0.05, 0) is 59.9 Å². The second kappa shape index (κ2) is 11.5. The second-order valence-corrected chi connectivity index (χ2v) is 11.6. The Kier molecular flexibility index (Phi) is 7.19. The summed E-state index contributed by atoms with van der Waals surface area (Å²) in [6.07, 6.45) is 3.43. The number of aryl methyl sites for hydroxylation is 1. The lowest BCUT2D eigenvalue weighted by atomic mass is 9.83. The van der Waals surface area contributed by atoms with Crippen molar-refractivity contribution in [1.29, 1.82) is 0 Å².